The molecule has 0 saturated carbocycles. The molecule has 0 radical (unpaired) electrons. The molecule has 0 amide bonds. The van der Waals surface area contributed by atoms with Crippen molar-refractivity contribution < 1.29 is 13.9 Å². The summed E-state index contributed by atoms with van der Waals surface area (Å²) in [4.78, 5) is 0. The van der Waals surface area contributed by atoms with Crippen LogP contribution in [0.15, 0.2) is 78.9 Å². The molecule has 0 spiro atoms. The van der Waals surface area contributed by atoms with Gasteiger partial charge in [-0.2, -0.15) is 0 Å². The van der Waals surface area contributed by atoms with E-state index in [9.17, 15) is 4.39 Å². The van der Waals surface area contributed by atoms with Crippen LogP contribution in [-0.4, -0.2) is 6.61 Å². The van der Waals surface area contributed by atoms with Crippen molar-refractivity contribution in [3.8, 4) is 11.5 Å². The Morgan fingerprint density at radius 3 is 2.38 bits per heavy atom. The average Bonchev–Trinajstić information content (AvgIpc) is 2.69. The van der Waals surface area contributed by atoms with Crippen LogP contribution in [-0.2, 0) is 0 Å². The van der Waals surface area contributed by atoms with E-state index in [0.717, 1.165) is 33.9 Å². The Morgan fingerprint density at radius 1 is 0.923 bits per heavy atom. The summed E-state index contributed by atoms with van der Waals surface area (Å²) >= 11 is 0. The van der Waals surface area contributed by atoms with Gasteiger partial charge in [-0.3, -0.25) is 0 Å². The average molecular weight is 346 g/mol. The van der Waals surface area contributed by atoms with Crippen molar-refractivity contribution in [2.24, 2.45) is 0 Å². The molecule has 0 saturated heterocycles. The molecule has 1 unspecified atom stereocenters. The summed E-state index contributed by atoms with van der Waals surface area (Å²) in [6.07, 6.45) is 2.09. The molecule has 0 N–H and O–H groups in total. The molecule has 26 heavy (non-hydrogen) atoms. The van der Waals surface area contributed by atoms with E-state index >= 15 is 0 Å². The standard InChI is InChI=1S/C23H19FO2/c1-2-25-19-13-9-17(10-14-19)23-15-21(16-7-11-18(24)12-8-16)20-5-3-4-6-22(20)26-23/h3-15,21H,2H2,1H3. The van der Waals surface area contributed by atoms with Gasteiger partial charge < -0.3 is 9.47 Å². The highest BCUT2D eigenvalue weighted by Crippen LogP contribution is 2.40. The number of allylic oxidation sites excluding steroid dienone is 1. The molecule has 130 valence electrons. The van der Waals surface area contributed by atoms with E-state index in [4.69, 9.17) is 9.47 Å². The van der Waals surface area contributed by atoms with Crippen molar-refractivity contribution in [1.82, 2.24) is 0 Å². The highest BCUT2D eigenvalue weighted by atomic mass is 19.1. The lowest BCUT2D eigenvalue weighted by molar-refractivity contribution is 0.340. The lowest BCUT2D eigenvalue weighted by Gasteiger charge is -2.25. The van der Waals surface area contributed by atoms with Gasteiger partial charge in [-0.15, -0.1) is 0 Å². The first-order valence-corrected chi connectivity index (χ1v) is 8.72. The van der Waals surface area contributed by atoms with Crippen molar-refractivity contribution >= 4 is 5.76 Å². The molecule has 0 aromatic heterocycles. The Balaban J connectivity index is 1.75. The summed E-state index contributed by atoms with van der Waals surface area (Å²) < 4.78 is 25.0. The van der Waals surface area contributed by atoms with Gasteiger partial charge in [-0.1, -0.05) is 30.3 Å². The number of hydrogen-bond acceptors (Lipinski definition) is 2. The molecule has 1 aliphatic rings. The van der Waals surface area contributed by atoms with Crippen molar-refractivity contribution in [3.05, 3.63) is 101 Å². The van der Waals surface area contributed by atoms with Crippen LogP contribution in [0.1, 0.15) is 29.5 Å². The van der Waals surface area contributed by atoms with Crippen LogP contribution >= 0.6 is 0 Å². The number of ether oxygens (including phenoxy) is 2. The molecular weight excluding hydrogens is 327 g/mol. The fourth-order valence-corrected chi connectivity index (χ4v) is 3.21. The largest absolute Gasteiger partial charge is 0.494 e. The lowest BCUT2D eigenvalue weighted by atomic mass is 9.88. The maximum Gasteiger partial charge on any atom is 0.131 e. The predicted octanol–water partition coefficient (Wildman–Crippen LogP) is 5.79. The second-order valence-electron chi connectivity index (χ2n) is 6.16. The summed E-state index contributed by atoms with van der Waals surface area (Å²) in [5.74, 6) is 2.24. The topological polar surface area (TPSA) is 18.5 Å². The molecule has 1 atom stereocenters. The fraction of sp³-hybridized carbons (Fsp3) is 0.130. The van der Waals surface area contributed by atoms with E-state index in [0.29, 0.717) is 6.61 Å². The van der Waals surface area contributed by atoms with Crippen LogP contribution in [0.25, 0.3) is 5.76 Å². The van der Waals surface area contributed by atoms with Crippen molar-refractivity contribution in [2.45, 2.75) is 12.8 Å². The van der Waals surface area contributed by atoms with Crippen LogP contribution in [0.5, 0.6) is 11.5 Å². The van der Waals surface area contributed by atoms with Gasteiger partial charge in [0.2, 0.25) is 0 Å². The highest BCUT2D eigenvalue weighted by molar-refractivity contribution is 5.68. The van der Waals surface area contributed by atoms with E-state index < -0.39 is 0 Å². The Labute approximate surface area is 152 Å². The molecule has 3 aromatic carbocycles. The van der Waals surface area contributed by atoms with E-state index in [-0.39, 0.29) is 11.7 Å². The smallest absolute Gasteiger partial charge is 0.131 e. The molecule has 0 aliphatic carbocycles. The third-order valence-corrected chi connectivity index (χ3v) is 4.47. The van der Waals surface area contributed by atoms with Crippen LogP contribution in [0.2, 0.25) is 0 Å². The molecule has 4 rings (SSSR count). The minimum atomic E-state index is -0.232. The van der Waals surface area contributed by atoms with Gasteiger partial charge in [0.05, 0.1) is 6.61 Å². The second kappa shape index (κ2) is 7.04. The zero-order valence-corrected chi connectivity index (χ0v) is 14.5. The van der Waals surface area contributed by atoms with E-state index in [2.05, 4.69) is 12.1 Å². The number of halogens is 1. The molecule has 3 aromatic rings. The lowest BCUT2D eigenvalue weighted by Crippen LogP contribution is -2.10. The zero-order valence-electron chi connectivity index (χ0n) is 14.5. The van der Waals surface area contributed by atoms with Gasteiger partial charge in [0.15, 0.2) is 0 Å². The quantitative estimate of drug-likeness (QED) is 0.595. The third-order valence-electron chi connectivity index (χ3n) is 4.47. The number of benzene rings is 3. The molecule has 1 aliphatic heterocycles. The first-order valence-electron chi connectivity index (χ1n) is 8.72. The van der Waals surface area contributed by atoms with E-state index in [1.54, 1.807) is 0 Å². The molecule has 2 nitrogen and oxygen atoms in total. The van der Waals surface area contributed by atoms with Gasteiger partial charge in [-0.05, 0) is 61.0 Å². The maximum atomic E-state index is 13.3. The van der Waals surface area contributed by atoms with E-state index in [1.165, 1.54) is 12.1 Å². The minimum absolute atomic E-state index is 0.0159. The van der Waals surface area contributed by atoms with Crippen LogP contribution in [0, 0.1) is 5.82 Å². The van der Waals surface area contributed by atoms with Crippen molar-refractivity contribution in [1.29, 1.82) is 0 Å². The fourth-order valence-electron chi connectivity index (χ4n) is 3.21. The molecule has 0 fully saturated rings. The number of fused-ring (bicyclic) bond motifs is 1. The summed E-state index contributed by atoms with van der Waals surface area (Å²) in [5.41, 5.74) is 3.09. The highest BCUT2D eigenvalue weighted by Gasteiger charge is 2.23. The molecular formula is C23H19FO2. The summed E-state index contributed by atoms with van der Waals surface area (Å²) in [5, 5.41) is 0. The predicted molar refractivity (Wildman–Crippen MR) is 101 cm³/mol. The molecule has 0 bridgehead atoms. The Kier molecular flexibility index (Phi) is 4.44. The zero-order chi connectivity index (χ0) is 17.9. The van der Waals surface area contributed by atoms with Gasteiger partial charge in [0.1, 0.15) is 23.1 Å². The first-order chi connectivity index (χ1) is 12.7. The molecule has 1 heterocycles. The van der Waals surface area contributed by atoms with Crippen molar-refractivity contribution in [2.75, 3.05) is 6.61 Å². The van der Waals surface area contributed by atoms with Crippen LogP contribution in [0.4, 0.5) is 4.39 Å². The first kappa shape index (κ1) is 16.4. The van der Waals surface area contributed by atoms with Crippen LogP contribution < -0.4 is 9.47 Å². The summed E-state index contributed by atoms with van der Waals surface area (Å²) in [6, 6.07) is 22.5. The number of rotatable bonds is 4. The summed E-state index contributed by atoms with van der Waals surface area (Å²) in [6.45, 7) is 2.60. The number of para-hydroxylation sites is 1. The maximum absolute atomic E-state index is 13.3. The van der Waals surface area contributed by atoms with Gasteiger partial charge in [-0.25, -0.2) is 4.39 Å². The normalized spacial score (nSPS) is 15.6. The van der Waals surface area contributed by atoms with Gasteiger partial charge in [0.25, 0.3) is 0 Å². The van der Waals surface area contributed by atoms with E-state index in [1.807, 2.05) is 61.5 Å². The minimum Gasteiger partial charge on any atom is -0.494 e. The monoisotopic (exact) mass is 346 g/mol. The van der Waals surface area contributed by atoms with Crippen molar-refractivity contribution in [3.63, 3.8) is 0 Å². The Bertz CT molecular complexity index is 927. The number of hydrogen-bond donors (Lipinski definition) is 0. The SMILES string of the molecule is CCOc1ccc(C2=CC(c3ccc(F)cc3)c3ccccc3O2)cc1. The van der Waals surface area contributed by atoms with Crippen LogP contribution in [0.3, 0.4) is 0 Å². The third kappa shape index (κ3) is 3.21. The second-order valence-corrected chi connectivity index (χ2v) is 6.16. The summed E-state index contributed by atoms with van der Waals surface area (Å²) in [7, 11) is 0. The molecule has 3 heteroatoms. The van der Waals surface area contributed by atoms with Gasteiger partial charge in [0, 0.05) is 17.0 Å². The Hall–Kier alpha value is -3.07. The van der Waals surface area contributed by atoms with Gasteiger partial charge >= 0.3 is 0 Å². The Morgan fingerprint density at radius 2 is 1.65 bits per heavy atom.